The Balaban J connectivity index is 1.77. The van der Waals surface area contributed by atoms with E-state index in [1.807, 2.05) is 60.7 Å². The van der Waals surface area contributed by atoms with E-state index in [1.165, 1.54) is 0 Å². The summed E-state index contributed by atoms with van der Waals surface area (Å²) >= 11 is 11.7. The number of rotatable bonds is 8. The fourth-order valence-electron chi connectivity index (χ4n) is 1.92. The summed E-state index contributed by atoms with van der Waals surface area (Å²) in [4.78, 5) is 0. The van der Waals surface area contributed by atoms with Gasteiger partial charge in [-0.1, -0.05) is 36.4 Å². The molecule has 4 heteroatoms. The molecule has 0 aromatic heterocycles. The highest BCUT2D eigenvalue weighted by Gasteiger charge is 2.00. The van der Waals surface area contributed by atoms with Crippen molar-refractivity contribution in [3.05, 3.63) is 71.8 Å². The van der Waals surface area contributed by atoms with Gasteiger partial charge in [0, 0.05) is 11.1 Å². The maximum absolute atomic E-state index is 5.86. The minimum absolute atomic E-state index is 0.443. The van der Waals surface area contributed by atoms with Gasteiger partial charge in [-0.25, -0.2) is 0 Å². The lowest BCUT2D eigenvalue weighted by atomic mass is 10.2. The summed E-state index contributed by atoms with van der Waals surface area (Å²) in [5, 5.41) is 0. The number of halogens is 2. The van der Waals surface area contributed by atoms with Crippen LogP contribution in [0.4, 0.5) is 0 Å². The van der Waals surface area contributed by atoms with E-state index in [0.29, 0.717) is 25.0 Å². The van der Waals surface area contributed by atoms with Gasteiger partial charge in [0.25, 0.3) is 0 Å². The van der Waals surface area contributed by atoms with Crippen LogP contribution in [-0.4, -0.2) is 13.2 Å². The Hall–Kier alpha value is -1.64. The number of hydrogen-bond acceptors (Lipinski definition) is 2. The molecule has 0 aliphatic rings. The third kappa shape index (κ3) is 4.97. The van der Waals surface area contributed by atoms with E-state index in [1.54, 1.807) is 0 Å². The highest BCUT2D eigenvalue weighted by Crippen LogP contribution is 2.20. The molecule has 2 aromatic carbocycles. The van der Waals surface area contributed by atoms with Gasteiger partial charge in [-0.2, -0.15) is 0 Å². The van der Waals surface area contributed by atoms with Crippen LogP contribution in [-0.2, 0) is 11.8 Å². The van der Waals surface area contributed by atoms with E-state index in [0.717, 1.165) is 22.6 Å². The molecule has 22 heavy (non-hydrogen) atoms. The summed E-state index contributed by atoms with van der Waals surface area (Å²) in [5.74, 6) is 2.52. The lowest BCUT2D eigenvalue weighted by molar-refractivity contribution is 0.347. The zero-order valence-corrected chi connectivity index (χ0v) is 13.7. The summed E-state index contributed by atoms with van der Waals surface area (Å²) in [6.45, 7) is 0.961. The zero-order chi connectivity index (χ0) is 15.6. The van der Waals surface area contributed by atoms with Crippen LogP contribution in [0.15, 0.2) is 60.7 Å². The molecule has 2 nitrogen and oxygen atoms in total. The first kappa shape index (κ1) is 16.7. The highest BCUT2D eigenvalue weighted by molar-refractivity contribution is 6.17. The largest absolute Gasteiger partial charge is 0.489 e. The molecule has 0 unspecified atom stereocenters. The highest BCUT2D eigenvalue weighted by atomic mass is 35.5. The van der Waals surface area contributed by atoms with Crippen molar-refractivity contribution in [3.8, 4) is 11.5 Å². The molecule has 2 rings (SSSR count). The van der Waals surface area contributed by atoms with Gasteiger partial charge in [-0.15, -0.1) is 23.2 Å². The van der Waals surface area contributed by atoms with Crippen molar-refractivity contribution in [1.82, 2.24) is 0 Å². The molecule has 0 bridgehead atoms. The molecule has 0 saturated carbocycles. The van der Waals surface area contributed by atoms with Gasteiger partial charge in [-0.3, -0.25) is 0 Å². The van der Waals surface area contributed by atoms with E-state index in [2.05, 4.69) is 0 Å². The van der Waals surface area contributed by atoms with Crippen molar-refractivity contribution in [2.75, 3.05) is 13.2 Å². The summed E-state index contributed by atoms with van der Waals surface area (Å²) in [7, 11) is 0. The Morgan fingerprint density at radius 2 is 1.09 bits per heavy atom. The van der Waals surface area contributed by atoms with Gasteiger partial charge in [0.1, 0.15) is 24.7 Å². The van der Waals surface area contributed by atoms with Crippen molar-refractivity contribution in [2.45, 2.75) is 11.8 Å². The Bertz CT molecular complexity index is 558. The van der Waals surface area contributed by atoms with Crippen LogP contribution in [0.2, 0.25) is 0 Å². The van der Waals surface area contributed by atoms with Crippen molar-refractivity contribution >= 4 is 23.2 Å². The molecule has 0 saturated heterocycles. The van der Waals surface area contributed by atoms with E-state index in [9.17, 15) is 0 Å². The van der Waals surface area contributed by atoms with E-state index < -0.39 is 0 Å². The molecule has 116 valence electrons. The maximum atomic E-state index is 5.86. The summed E-state index contributed by atoms with van der Waals surface area (Å²) in [6.07, 6.45) is 3.85. The third-order valence-corrected chi connectivity index (χ3v) is 3.65. The van der Waals surface area contributed by atoms with Crippen LogP contribution >= 0.6 is 23.2 Å². The van der Waals surface area contributed by atoms with Gasteiger partial charge < -0.3 is 9.47 Å². The molecule has 0 N–H and O–H groups in total. The first-order chi connectivity index (χ1) is 10.8. The Morgan fingerprint density at radius 3 is 1.50 bits per heavy atom. The van der Waals surface area contributed by atoms with Crippen molar-refractivity contribution in [3.63, 3.8) is 0 Å². The second kappa shape index (κ2) is 9.39. The number of para-hydroxylation sites is 2. The smallest absolute Gasteiger partial charge is 0.124 e. The van der Waals surface area contributed by atoms with Crippen molar-refractivity contribution in [2.24, 2.45) is 0 Å². The molecule has 0 radical (unpaired) electrons. The van der Waals surface area contributed by atoms with Gasteiger partial charge in [0.2, 0.25) is 0 Å². The zero-order valence-electron chi connectivity index (χ0n) is 12.2. The normalized spacial score (nSPS) is 10.8. The fourth-order valence-corrected chi connectivity index (χ4v) is 2.36. The second-order valence-electron chi connectivity index (χ2n) is 4.58. The van der Waals surface area contributed by atoms with E-state index in [4.69, 9.17) is 32.7 Å². The molecule has 0 heterocycles. The SMILES string of the molecule is ClCc1ccccc1OC/C=C\COc1ccccc1CCl. The molecule has 2 aromatic rings. The Morgan fingerprint density at radius 1 is 0.682 bits per heavy atom. The molecule has 0 aliphatic carbocycles. The van der Waals surface area contributed by atoms with Crippen molar-refractivity contribution < 1.29 is 9.47 Å². The number of ether oxygens (including phenoxy) is 2. The van der Waals surface area contributed by atoms with Gasteiger partial charge in [0.15, 0.2) is 0 Å². The maximum Gasteiger partial charge on any atom is 0.124 e. The van der Waals surface area contributed by atoms with Crippen LogP contribution in [0, 0.1) is 0 Å². The predicted octanol–water partition coefficient (Wildman–Crippen LogP) is 5.18. The van der Waals surface area contributed by atoms with E-state index >= 15 is 0 Å². The molecule has 0 aliphatic heterocycles. The number of benzene rings is 2. The average molecular weight is 337 g/mol. The fraction of sp³-hybridized carbons (Fsp3) is 0.222. The van der Waals surface area contributed by atoms with Crippen LogP contribution in [0.5, 0.6) is 11.5 Å². The number of alkyl halides is 2. The van der Waals surface area contributed by atoms with Crippen molar-refractivity contribution in [1.29, 1.82) is 0 Å². The predicted molar refractivity (Wildman–Crippen MR) is 92.1 cm³/mol. The lowest BCUT2D eigenvalue weighted by Gasteiger charge is -2.08. The minimum Gasteiger partial charge on any atom is -0.489 e. The lowest BCUT2D eigenvalue weighted by Crippen LogP contribution is -1.99. The second-order valence-corrected chi connectivity index (χ2v) is 5.11. The monoisotopic (exact) mass is 336 g/mol. The average Bonchev–Trinajstić information content (AvgIpc) is 2.58. The molecular weight excluding hydrogens is 319 g/mol. The molecular formula is C18H18Cl2O2. The summed E-state index contributed by atoms with van der Waals surface area (Å²) < 4.78 is 11.4. The van der Waals surface area contributed by atoms with Gasteiger partial charge >= 0.3 is 0 Å². The first-order valence-corrected chi connectivity index (χ1v) is 8.10. The van der Waals surface area contributed by atoms with Crippen LogP contribution < -0.4 is 9.47 Å². The van der Waals surface area contributed by atoms with E-state index in [-0.39, 0.29) is 0 Å². The Labute approximate surface area is 141 Å². The standard InChI is InChI=1S/C18H18Cl2O2/c19-13-15-7-1-3-9-17(15)21-11-5-6-12-22-18-10-4-2-8-16(18)14-20/h1-10H,11-14H2/b6-5-. The quantitative estimate of drug-likeness (QED) is 0.488. The number of hydrogen-bond donors (Lipinski definition) is 0. The molecule has 0 spiro atoms. The first-order valence-electron chi connectivity index (χ1n) is 7.03. The topological polar surface area (TPSA) is 18.5 Å². The van der Waals surface area contributed by atoms with Crippen LogP contribution in [0.25, 0.3) is 0 Å². The Kier molecular flexibility index (Phi) is 7.14. The minimum atomic E-state index is 0.443. The van der Waals surface area contributed by atoms with Crippen LogP contribution in [0.3, 0.4) is 0 Å². The van der Waals surface area contributed by atoms with Gasteiger partial charge in [-0.05, 0) is 24.3 Å². The molecule has 0 atom stereocenters. The van der Waals surface area contributed by atoms with Crippen LogP contribution in [0.1, 0.15) is 11.1 Å². The van der Waals surface area contributed by atoms with Gasteiger partial charge in [0.05, 0.1) is 11.8 Å². The summed E-state index contributed by atoms with van der Waals surface area (Å²) in [5.41, 5.74) is 1.98. The molecule has 0 amide bonds. The molecule has 0 fully saturated rings. The summed E-state index contributed by atoms with van der Waals surface area (Å²) in [6, 6.07) is 15.5. The third-order valence-electron chi connectivity index (χ3n) is 3.07.